The van der Waals surface area contributed by atoms with Crippen molar-refractivity contribution < 1.29 is 14.3 Å². The Morgan fingerprint density at radius 3 is 3.06 bits per heavy atom. The van der Waals surface area contributed by atoms with Crippen molar-refractivity contribution >= 4 is 17.2 Å². The largest absolute Gasteiger partial charge is 0.504 e. The van der Waals surface area contributed by atoms with E-state index in [1.165, 1.54) is 4.57 Å². The van der Waals surface area contributed by atoms with E-state index in [-0.39, 0.29) is 6.61 Å². The average Bonchev–Trinajstić information content (AvgIpc) is 2.68. The van der Waals surface area contributed by atoms with Crippen LogP contribution < -0.4 is 5.76 Å². The van der Waals surface area contributed by atoms with Crippen molar-refractivity contribution in [3.05, 3.63) is 40.6 Å². The van der Waals surface area contributed by atoms with E-state index >= 15 is 0 Å². The Labute approximate surface area is 104 Å². The van der Waals surface area contributed by atoms with E-state index in [1.54, 1.807) is 25.5 Å². The molecule has 0 aliphatic carbocycles. The Kier molecular flexibility index (Phi) is 3.84. The van der Waals surface area contributed by atoms with E-state index in [4.69, 9.17) is 14.3 Å². The number of hydrogen-bond acceptors (Lipinski definition) is 4. The molecule has 0 aliphatic heterocycles. The van der Waals surface area contributed by atoms with Gasteiger partial charge in [0.05, 0.1) is 18.9 Å². The summed E-state index contributed by atoms with van der Waals surface area (Å²) in [5.41, 5.74) is 2.17. The molecule has 0 saturated carbocycles. The normalized spacial score (nSPS) is 11.4. The second-order valence-electron chi connectivity index (χ2n) is 3.86. The quantitative estimate of drug-likeness (QED) is 0.817. The van der Waals surface area contributed by atoms with Crippen LogP contribution in [0.1, 0.15) is 12.0 Å². The Morgan fingerprint density at radius 2 is 2.33 bits per heavy atom. The fraction of sp³-hybridized carbons (Fsp3) is 0.308. The van der Waals surface area contributed by atoms with Crippen molar-refractivity contribution in [2.45, 2.75) is 13.0 Å². The molecule has 2 aromatic rings. The third kappa shape index (κ3) is 2.46. The summed E-state index contributed by atoms with van der Waals surface area (Å²) < 4.78 is 11.5. The smallest absolute Gasteiger partial charge is 0.419 e. The van der Waals surface area contributed by atoms with E-state index in [9.17, 15) is 4.79 Å². The van der Waals surface area contributed by atoms with Crippen LogP contribution in [0.15, 0.2) is 33.7 Å². The lowest BCUT2D eigenvalue weighted by Gasteiger charge is -2.00. The van der Waals surface area contributed by atoms with Crippen LogP contribution in [0.4, 0.5) is 0 Å². The van der Waals surface area contributed by atoms with Crippen molar-refractivity contribution in [3.63, 3.8) is 0 Å². The van der Waals surface area contributed by atoms with Crippen molar-refractivity contribution in [2.75, 3.05) is 13.7 Å². The SMILES string of the molecule is CO/C=C/c1ccc2c(c1)oc(=O)n2CCCO. The third-order valence-corrected chi connectivity index (χ3v) is 2.63. The number of nitrogens with zero attached hydrogens (tertiary/aromatic N) is 1. The van der Waals surface area contributed by atoms with Crippen LogP contribution >= 0.6 is 0 Å². The standard InChI is InChI=1S/C13H15NO4/c1-17-8-5-10-3-4-11-12(9-10)18-13(16)14(11)6-2-7-15/h3-5,8-9,15H,2,6-7H2,1H3/b8-5+. The number of ether oxygens (including phenoxy) is 1. The number of fused-ring (bicyclic) bond motifs is 1. The number of aliphatic hydroxyl groups excluding tert-OH is 1. The predicted octanol–water partition coefficient (Wildman–Crippen LogP) is 1.59. The first kappa shape index (κ1) is 12.4. The van der Waals surface area contributed by atoms with Gasteiger partial charge in [0.1, 0.15) is 0 Å². The van der Waals surface area contributed by atoms with Crippen LogP contribution in [-0.2, 0) is 11.3 Å². The van der Waals surface area contributed by atoms with Crippen LogP contribution in [0.2, 0.25) is 0 Å². The van der Waals surface area contributed by atoms with Gasteiger partial charge in [-0.3, -0.25) is 4.57 Å². The van der Waals surface area contributed by atoms with Crippen LogP contribution in [-0.4, -0.2) is 23.4 Å². The summed E-state index contributed by atoms with van der Waals surface area (Å²) in [4.78, 5) is 11.6. The molecule has 0 atom stereocenters. The van der Waals surface area contributed by atoms with Gasteiger partial charge in [-0.15, -0.1) is 0 Å². The summed E-state index contributed by atoms with van der Waals surface area (Å²) in [5.74, 6) is -0.397. The van der Waals surface area contributed by atoms with E-state index < -0.39 is 5.76 Å². The van der Waals surface area contributed by atoms with E-state index in [0.717, 1.165) is 11.1 Å². The lowest BCUT2D eigenvalue weighted by molar-refractivity contribution is 0.278. The van der Waals surface area contributed by atoms with Gasteiger partial charge < -0.3 is 14.3 Å². The van der Waals surface area contributed by atoms with Crippen molar-refractivity contribution in [1.29, 1.82) is 0 Å². The molecule has 5 nitrogen and oxygen atoms in total. The number of aliphatic hydroxyl groups is 1. The van der Waals surface area contributed by atoms with Gasteiger partial charge in [0, 0.05) is 13.2 Å². The molecule has 1 aromatic carbocycles. The first-order valence-corrected chi connectivity index (χ1v) is 5.70. The lowest BCUT2D eigenvalue weighted by atomic mass is 10.2. The molecule has 96 valence electrons. The molecule has 1 heterocycles. The molecular weight excluding hydrogens is 234 g/mol. The fourth-order valence-electron chi connectivity index (χ4n) is 1.77. The third-order valence-electron chi connectivity index (χ3n) is 2.63. The zero-order valence-electron chi connectivity index (χ0n) is 10.1. The molecule has 0 saturated heterocycles. The molecule has 0 radical (unpaired) electrons. The van der Waals surface area contributed by atoms with Crippen LogP contribution in [0.5, 0.6) is 0 Å². The topological polar surface area (TPSA) is 64.6 Å². The minimum Gasteiger partial charge on any atom is -0.504 e. The molecule has 1 aromatic heterocycles. The first-order chi connectivity index (χ1) is 8.76. The van der Waals surface area contributed by atoms with Crippen LogP contribution in [0.3, 0.4) is 0 Å². The van der Waals surface area contributed by atoms with Gasteiger partial charge in [-0.25, -0.2) is 4.79 Å². The van der Waals surface area contributed by atoms with Crippen LogP contribution in [0.25, 0.3) is 17.2 Å². The summed E-state index contributed by atoms with van der Waals surface area (Å²) in [6, 6.07) is 5.48. The van der Waals surface area contributed by atoms with E-state index in [2.05, 4.69) is 0 Å². The Bertz CT molecular complexity index is 609. The summed E-state index contributed by atoms with van der Waals surface area (Å²) in [6.45, 7) is 0.503. The highest BCUT2D eigenvalue weighted by molar-refractivity contribution is 5.76. The second kappa shape index (κ2) is 5.55. The maximum absolute atomic E-state index is 11.6. The second-order valence-corrected chi connectivity index (χ2v) is 3.86. The molecule has 5 heteroatoms. The minimum atomic E-state index is -0.397. The minimum absolute atomic E-state index is 0.0494. The van der Waals surface area contributed by atoms with Gasteiger partial charge in [0.25, 0.3) is 0 Å². The molecule has 0 aliphatic rings. The molecule has 1 N–H and O–H groups in total. The van der Waals surface area contributed by atoms with Gasteiger partial charge in [0.2, 0.25) is 0 Å². The first-order valence-electron chi connectivity index (χ1n) is 5.70. The number of aryl methyl sites for hydroxylation is 1. The molecular formula is C13H15NO4. The number of oxazole rings is 1. The monoisotopic (exact) mass is 249 g/mol. The summed E-state index contributed by atoms with van der Waals surface area (Å²) in [5, 5.41) is 8.80. The van der Waals surface area contributed by atoms with Gasteiger partial charge in [-0.2, -0.15) is 0 Å². The fourth-order valence-corrected chi connectivity index (χ4v) is 1.77. The summed E-state index contributed by atoms with van der Waals surface area (Å²) >= 11 is 0. The lowest BCUT2D eigenvalue weighted by Crippen LogP contribution is -2.14. The van der Waals surface area contributed by atoms with Gasteiger partial charge in [-0.05, 0) is 30.2 Å². The van der Waals surface area contributed by atoms with Gasteiger partial charge >= 0.3 is 5.76 Å². The summed E-state index contributed by atoms with van der Waals surface area (Å²) in [6.07, 6.45) is 3.87. The molecule has 0 fully saturated rings. The number of methoxy groups -OCH3 is 1. The molecule has 0 bridgehead atoms. The highest BCUT2D eigenvalue weighted by Gasteiger charge is 2.08. The zero-order chi connectivity index (χ0) is 13.0. The maximum Gasteiger partial charge on any atom is 0.419 e. The van der Waals surface area contributed by atoms with Crippen molar-refractivity contribution in [3.8, 4) is 0 Å². The number of rotatable bonds is 5. The van der Waals surface area contributed by atoms with Gasteiger partial charge in [-0.1, -0.05) is 6.07 Å². The average molecular weight is 249 g/mol. The summed E-state index contributed by atoms with van der Waals surface area (Å²) in [7, 11) is 1.57. The molecule has 0 unspecified atom stereocenters. The van der Waals surface area contributed by atoms with Crippen LogP contribution in [0, 0.1) is 0 Å². The number of hydrogen-bond donors (Lipinski definition) is 1. The molecule has 2 rings (SSSR count). The predicted molar refractivity (Wildman–Crippen MR) is 68.2 cm³/mol. The maximum atomic E-state index is 11.6. The van der Waals surface area contributed by atoms with Crippen molar-refractivity contribution in [1.82, 2.24) is 4.57 Å². The Balaban J connectivity index is 2.41. The highest BCUT2D eigenvalue weighted by Crippen LogP contribution is 2.16. The Hall–Kier alpha value is -2.01. The van der Waals surface area contributed by atoms with Gasteiger partial charge in [0.15, 0.2) is 5.58 Å². The van der Waals surface area contributed by atoms with Crippen molar-refractivity contribution in [2.24, 2.45) is 0 Å². The number of aromatic nitrogens is 1. The molecule has 18 heavy (non-hydrogen) atoms. The van der Waals surface area contributed by atoms with E-state index in [1.807, 2.05) is 12.1 Å². The molecule has 0 spiro atoms. The Morgan fingerprint density at radius 1 is 1.50 bits per heavy atom. The number of benzene rings is 1. The molecule has 0 amide bonds. The zero-order valence-corrected chi connectivity index (χ0v) is 10.1. The highest BCUT2D eigenvalue weighted by atomic mass is 16.5. The van der Waals surface area contributed by atoms with E-state index in [0.29, 0.717) is 18.5 Å².